The van der Waals surface area contributed by atoms with Gasteiger partial charge in [-0.25, -0.2) is 4.98 Å². The van der Waals surface area contributed by atoms with Gasteiger partial charge >= 0.3 is 0 Å². The number of aromatic amines is 1. The first-order chi connectivity index (χ1) is 13.8. The van der Waals surface area contributed by atoms with Crippen LogP contribution in [0.3, 0.4) is 0 Å². The number of hydrogen-bond acceptors (Lipinski definition) is 5. The minimum atomic E-state index is 0.297. The third kappa shape index (κ3) is 4.22. The van der Waals surface area contributed by atoms with Crippen LogP contribution in [0.25, 0.3) is 11.4 Å². The Balaban J connectivity index is 1.28. The molecule has 0 unspecified atom stereocenters. The second-order valence-electron chi connectivity index (χ2n) is 6.32. The van der Waals surface area contributed by atoms with Crippen LogP contribution in [-0.4, -0.2) is 41.5 Å². The summed E-state index contributed by atoms with van der Waals surface area (Å²) in [7, 11) is 1.76. The maximum atomic E-state index is 5.42. The molecule has 2 aromatic carbocycles. The minimum Gasteiger partial charge on any atom is -0.454 e. The number of H-pyrrole nitrogens is 1. The van der Waals surface area contributed by atoms with Gasteiger partial charge in [-0.2, -0.15) is 5.10 Å². The highest BCUT2D eigenvalue weighted by Crippen LogP contribution is 2.32. The summed E-state index contributed by atoms with van der Waals surface area (Å²) in [6, 6.07) is 14.2. The lowest BCUT2D eigenvalue weighted by Crippen LogP contribution is -2.37. The van der Waals surface area contributed by atoms with E-state index < -0.39 is 0 Å². The second-order valence-corrected chi connectivity index (χ2v) is 6.32. The quantitative estimate of drug-likeness (QED) is 0.449. The van der Waals surface area contributed by atoms with Crippen LogP contribution in [-0.2, 0) is 13.0 Å². The summed E-state index contributed by atoms with van der Waals surface area (Å²) in [5, 5.41) is 13.4. The molecule has 0 saturated heterocycles. The molecule has 0 aliphatic carbocycles. The monoisotopic (exact) mass is 378 g/mol. The van der Waals surface area contributed by atoms with Gasteiger partial charge in [-0.1, -0.05) is 24.3 Å². The molecular weight excluding hydrogens is 356 g/mol. The summed E-state index contributed by atoms with van der Waals surface area (Å²) in [5.41, 5.74) is 3.32. The maximum Gasteiger partial charge on any atom is 0.231 e. The van der Waals surface area contributed by atoms with Gasteiger partial charge in [-0.05, 0) is 35.7 Å². The van der Waals surface area contributed by atoms with Crippen LogP contribution in [0.1, 0.15) is 11.1 Å². The van der Waals surface area contributed by atoms with Gasteiger partial charge in [0.1, 0.15) is 6.33 Å². The van der Waals surface area contributed by atoms with Crippen molar-refractivity contribution >= 4 is 5.96 Å². The van der Waals surface area contributed by atoms with E-state index in [4.69, 9.17) is 9.47 Å². The fourth-order valence-corrected chi connectivity index (χ4v) is 3.00. The lowest BCUT2D eigenvalue weighted by atomic mass is 10.1. The Morgan fingerprint density at radius 1 is 1.11 bits per heavy atom. The van der Waals surface area contributed by atoms with Crippen LogP contribution in [0.4, 0.5) is 0 Å². The smallest absolute Gasteiger partial charge is 0.231 e. The molecule has 0 saturated carbocycles. The van der Waals surface area contributed by atoms with Crippen LogP contribution >= 0.6 is 0 Å². The number of hydrogen-bond donors (Lipinski definition) is 3. The van der Waals surface area contributed by atoms with Gasteiger partial charge in [0.15, 0.2) is 23.3 Å². The fraction of sp³-hybridized carbons (Fsp3) is 0.250. The highest BCUT2D eigenvalue weighted by Gasteiger charge is 2.13. The van der Waals surface area contributed by atoms with E-state index in [1.54, 1.807) is 7.05 Å². The zero-order valence-electron chi connectivity index (χ0n) is 15.6. The van der Waals surface area contributed by atoms with Crippen molar-refractivity contribution in [2.45, 2.75) is 13.0 Å². The molecular formula is C20H22N6O2. The molecule has 1 aliphatic rings. The molecule has 0 amide bonds. The van der Waals surface area contributed by atoms with Crippen molar-refractivity contribution in [2.75, 3.05) is 20.4 Å². The molecule has 3 N–H and O–H groups in total. The van der Waals surface area contributed by atoms with Crippen LogP contribution in [0.5, 0.6) is 11.5 Å². The van der Waals surface area contributed by atoms with Crippen LogP contribution < -0.4 is 20.1 Å². The lowest BCUT2D eigenvalue weighted by Gasteiger charge is -2.12. The van der Waals surface area contributed by atoms with Gasteiger partial charge in [0.2, 0.25) is 6.79 Å². The van der Waals surface area contributed by atoms with Crippen molar-refractivity contribution in [3.63, 3.8) is 0 Å². The minimum absolute atomic E-state index is 0.297. The predicted octanol–water partition coefficient (Wildman–Crippen LogP) is 2.11. The van der Waals surface area contributed by atoms with Crippen molar-refractivity contribution in [3.8, 4) is 22.9 Å². The first-order valence-electron chi connectivity index (χ1n) is 9.09. The van der Waals surface area contributed by atoms with Crippen LogP contribution in [0.15, 0.2) is 53.8 Å². The average molecular weight is 378 g/mol. The van der Waals surface area contributed by atoms with Crippen molar-refractivity contribution < 1.29 is 9.47 Å². The molecule has 28 heavy (non-hydrogen) atoms. The third-order valence-corrected chi connectivity index (χ3v) is 4.44. The Kier molecular flexibility index (Phi) is 5.37. The Morgan fingerprint density at radius 2 is 2.04 bits per heavy atom. The highest BCUT2D eigenvalue weighted by atomic mass is 16.7. The van der Waals surface area contributed by atoms with Gasteiger partial charge in [-0.3, -0.25) is 10.1 Å². The van der Waals surface area contributed by atoms with E-state index in [-0.39, 0.29) is 0 Å². The lowest BCUT2D eigenvalue weighted by molar-refractivity contribution is 0.174. The first-order valence-corrected chi connectivity index (χ1v) is 9.09. The highest BCUT2D eigenvalue weighted by molar-refractivity contribution is 5.79. The summed E-state index contributed by atoms with van der Waals surface area (Å²) in [4.78, 5) is 8.48. The summed E-state index contributed by atoms with van der Waals surface area (Å²) < 4.78 is 10.8. The van der Waals surface area contributed by atoms with E-state index in [1.165, 1.54) is 11.9 Å². The Labute approximate surface area is 163 Å². The van der Waals surface area contributed by atoms with Gasteiger partial charge in [-0.15, -0.1) is 0 Å². The molecule has 8 heteroatoms. The van der Waals surface area contributed by atoms with E-state index in [0.29, 0.717) is 13.3 Å². The number of guanidine groups is 1. The number of nitrogens with one attached hydrogen (secondary N) is 3. The number of aliphatic imine (C=N–C) groups is 1. The number of nitrogens with zero attached hydrogens (tertiary/aromatic N) is 3. The van der Waals surface area contributed by atoms with Gasteiger partial charge in [0, 0.05) is 25.7 Å². The Hall–Kier alpha value is -3.55. The van der Waals surface area contributed by atoms with Gasteiger partial charge < -0.3 is 20.1 Å². The van der Waals surface area contributed by atoms with Crippen molar-refractivity contribution in [1.82, 2.24) is 25.8 Å². The maximum absolute atomic E-state index is 5.42. The zero-order chi connectivity index (χ0) is 19.2. The van der Waals surface area contributed by atoms with Crippen molar-refractivity contribution in [2.24, 2.45) is 4.99 Å². The predicted molar refractivity (Wildman–Crippen MR) is 106 cm³/mol. The molecule has 0 spiro atoms. The first kappa shape index (κ1) is 17.8. The van der Waals surface area contributed by atoms with Gasteiger partial charge in [0.25, 0.3) is 0 Å². The molecule has 0 radical (unpaired) electrons. The van der Waals surface area contributed by atoms with E-state index in [1.807, 2.05) is 24.3 Å². The molecule has 1 aromatic heterocycles. The molecule has 0 fully saturated rings. The van der Waals surface area contributed by atoms with E-state index >= 15 is 0 Å². The van der Waals surface area contributed by atoms with E-state index in [9.17, 15) is 0 Å². The Morgan fingerprint density at radius 3 is 2.89 bits per heavy atom. The molecule has 1 aliphatic heterocycles. The zero-order valence-corrected chi connectivity index (χ0v) is 15.6. The molecule has 0 bridgehead atoms. The Bertz CT molecular complexity index is 955. The van der Waals surface area contributed by atoms with E-state index in [2.05, 4.69) is 49.0 Å². The number of aromatic nitrogens is 3. The topological polar surface area (TPSA) is 96.5 Å². The standard InChI is InChI=1S/C20H22N6O2/c1-21-20(22-8-7-14-5-6-17-18(10-14)28-13-27-17)23-11-15-3-2-4-16(9-15)19-24-12-25-26-19/h2-6,9-10,12H,7-8,11,13H2,1H3,(H2,21,22,23)(H,24,25,26). The van der Waals surface area contributed by atoms with Crippen LogP contribution in [0.2, 0.25) is 0 Å². The number of fused-ring (bicyclic) bond motifs is 1. The molecule has 8 nitrogen and oxygen atoms in total. The molecule has 0 atom stereocenters. The summed E-state index contributed by atoms with van der Waals surface area (Å²) in [6.07, 6.45) is 2.37. The van der Waals surface area contributed by atoms with Gasteiger partial charge in [0.05, 0.1) is 0 Å². The molecule has 2 heterocycles. The molecule has 3 aromatic rings. The summed E-state index contributed by atoms with van der Waals surface area (Å²) in [6.45, 7) is 1.72. The second kappa shape index (κ2) is 8.43. The normalized spacial score (nSPS) is 12.8. The van der Waals surface area contributed by atoms with Crippen molar-refractivity contribution in [1.29, 1.82) is 0 Å². The number of benzene rings is 2. The summed E-state index contributed by atoms with van der Waals surface area (Å²) >= 11 is 0. The van der Waals surface area contributed by atoms with E-state index in [0.717, 1.165) is 47.4 Å². The summed E-state index contributed by atoms with van der Waals surface area (Å²) in [5.74, 6) is 3.13. The average Bonchev–Trinajstić information content (AvgIpc) is 3.42. The molecule has 4 rings (SSSR count). The van der Waals surface area contributed by atoms with Crippen LogP contribution in [0, 0.1) is 0 Å². The number of rotatable bonds is 6. The molecule has 144 valence electrons. The third-order valence-electron chi connectivity index (χ3n) is 4.44. The largest absolute Gasteiger partial charge is 0.454 e. The van der Waals surface area contributed by atoms with Crippen molar-refractivity contribution in [3.05, 3.63) is 59.9 Å². The SMILES string of the molecule is CN=C(NCCc1ccc2c(c1)OCO2)NCc1cccc(-c2ncn[nH]2)c1. The fourth-order valence-electron chi connectivity index (χ4n) is 3.00. The number of ether oxygens (including phenoxy) is 2.